The Morgan fingerprint density at radius 1 is 1.47 bits per heavy atom. The summed E-state index contributed by atoms with van der Waals surface area (Å²) in [4.78, 5) is 19.8. The second-order valence-corrected chi connectivity index (χ2v) is 3.52. The van der Waals surface area contributed by atoms with E-state index in [1.165, 1.54) is 12.4 Å². The van der Waals surface area contributed by atoms with Crippen LogP contribution in [0.25, 0.3) is 0 Å². The van der Waals surface area contributed by atoms with Crippen LogP contribution in [-0.2, 0) is 0 Å². The van der Waals surface area contributed by atoms with E-state index in [-0.39, 0.29) is 5.91 Å². The summed E-state index contributed by atoms with van der Waals surface area (Å²) in [7, 11) is 1.85. The molecule has 1 saturated heterocycles. The number of hydrazine groups is 1. The van der Waals surface area contributed by atoms with Gasteiger partial charge in [0.15, 0.2) is 0 Å². The Hall–Kier alpha value is -1.75. The molecule has 1 aliphatic rings. The Bertz CT molecular complexity index is 390. The third-order valence-electron chi connectivity index (χ3n) is 2.25. The van der Waals surface area contributed by atoms with Crippen LogP contribution in [-0.4, -0.2) is 46.0 Å². The quantitative estimate of drug-likeness (QED) is 0.619. The molecule has 0 unspecified atom stereocenters. The van der Waals surface area contributed by atoms with Gasteiger partial charge < -0.3 is 0 Å². The molecule has 1 aliphatic heterocycles. The number of hydrogen-bond acceptors (Lipinski definition) is 4. The van der Waals surface area contributed by atoms with Crippen molar-refractivity contribution >= 4 is 5.91 Å². The minimum atomic E-state index is -0.135. The Kier molecular flexibility index (Phi) is 2.47. The number of amides is 1. The van der Waals surface area contributed by atoms with E-state index >= 15 is 0 Å². The number of rotatable bonds is 1. The molecule has 1 amide bonds. The topological polar surface area (TPSA) is 49.3 Å². The summed E-state index contributed by atoms with van der Waals surface area (Å²) in [6.07, 6.45) is 4.53. The molecule has 1 aromatic heterocycles. The molecule has 78 valence electrons. The highest BCUT2D eigenvalue weighted by Gasteiger charge is 2.27. The van der Waals surface area contributed by atoms with Gasteiger partial charge in [0.2, 0.25) is 0 Å². The van der Waals surface area contributed by atoms with Crippen molar-refractivity contribution in [3.05, 3.63) is 36.4 Å². The zero-order chi connectivity index (χ0) is 10.8. The van der Waals surface area contributed by atoms with E-state index in [1.807, 2.05) is 12.1 Å². The van der Waals surface area contributed by atoms with Gasteiger partial charge in [-0.25, -0.2) is 9.99 Å². The largest absolute Gasteiger partial charge is 0.288 e. The van der Waals surface area contributed by atoms with Gasteiger partial charge in [0.25, 0.3) is 5.91 Å². The molecule has 0 saturated carbocycles. The van der Waals surface area contributed by atoms with Crippen LogP contribution in [0.2, 0.25) is 0 Å². The minimum Gasteiger partial charge on any atom is -0.266 e. The number of aromatic nitrogens is 2. The maximum Gasteiger partial charge on any atom is 0.288 e. The number of carbonyl (C=O) groups excluding carboxylic acids is 1. The Labute approximate surface area is 88.0 Å². The average Bonchev–Trinajstić information content (AvgIpc) is 2.58. The van der Waals surface area contributed by atoms with Crippen molar-refractivity contribution in [2.24, 2.45) is 0 Å². The predicted octanol–water partition coefficient (Wildman–Crippen LogP) is 0.335. The van der Waals surface area contributed by atoms with Crippen molar-refractivity contribution in [1.82, 2.24) is 20.0 Å². The number of nitrogens with zero attached hydrogens (tertiary/aromatic N) is 4. The summed E-state index contributed by atoms with van der Waals surface area (Å²) in [5, 5.41) is 3.45. The van der Waals surface area contributed by atoms with E-state index in [4.69, 9.17) is 0 Å². The third kappa shape index (κ3) is 1.87. The molecular weight excluding hydrogens is 192 g/mol. The summed E-state index contributed by atoms with van der Waals surface area (Å²) in [5.41, 5.74) is 1.38. The lowest BCUT2D eigenvalue weighted by Crippen LogP contribution is -2.38. The van der Waals surface area contributed by atoms with Gasteiger partial charge >= 0.3 is 0 Å². The fraction of sp³-hybridized carbons (Fsp3) is 0.300. The van der Waals surface area contributed by atoms with Crippen molar-refractivity contribution in [3.8, 4) is 0 Å². The van der Waals surface area contributed by atoms with Crippen molar-refractivity contribution in [3.63, 3.8) is 0 Å². The summed E-state index contributed by atoms with van der Waals surface area (Å²) in [6, 6.07) is 0. The van der Waals surface area contributed by atoms with Crippen molar-refractivity contribution in [2.75, 3.05) is 20.1 Å². The predicted molar refractivity (Wildman–Crippen MR) is 54.8 cm³/mol. The molecule has 0 radical (unpaired) electrons. The normalized spacial score (nSPS) is 17.1. The summed E-state index contributed by atoms with van der Waals surface area (Å²) < 4.78 is 0. The van der Waals surface area contributed by atoms with Crippen LogP contribution in [0.4, 0.5) is 0 Å². The van der Waals surface area contributed by atoms with E-state index in [0.29, 0.717) is 18.8 Å². The van der Waals surface area contributed by atoms with Crippen LogP contribution in [0.1, 0.15) is 10.5 Å². The molecule has 0 N–H and O–H groups in total. The zero-order valence-corrected chi connectivity index (χ0v) is 8.55. The lowest BCUT2D eigenvalue weighted by atomic mass is 10.3. The van der Waals surface area contributed by atoms with Gasteiger partial charge in [-0.05, 0) is 5.57 Å². The van der Waals surface area contributed by atoms with Crippen molar-refractivity contribution in [2.45, 2.75) is 0 Å². The van der Waals surface area contributed by atoms with Crippen LogP contribution < -0.4 is 0 Å². The van der Waals surface area contributed by atoms with Crippen LogP contribution in [0.3, 0.4) is 0 Å². The lowest BCUT2D eigenvalue weighted by molar-refractivity contribution is 0.0335. The minimum absolute atomic E-state index is 0.135. The van der Waals surface area contributed by atoms with Crippen molar-refractivity contribution in [1.29, 1.82) is 0 Å². The van der Waals surface area contributed by atoms with Crippen LogP contribution in [0, 0.1) is 0 Å². The molecular formula is C10H12N4O. The van der Waals surface area contributed by atoms with Gasteiger partial charge in [0, 0.05) is 26.0 Å². The molecule has 0 atom stereocenters. The number of likely N-dealkylation sites (N-methyl/N-ethyl adjacent to an activating group) is 1. The summed E-state index contributed by atoms with van der Waals surface area (Å²) >= 11 is 0. The summed E-state index contributed by atoms with van der Waals surface area (Å²) in [6.45, 7) is 5.14. The van der Waals surface area contributed by atoms with Gasteiger partial charge in [-0.3, -0.25) is 14.8 Å². The van der Waals surface area contributed by atoms with Gasteiger partial charge in [-0.15, -0.1) is 0 Å². The van der Waals surface area contributed by atoms with Gasteiger partial charge in [0.05, 0.1) is 12.7 Å². The molecule has 0 aliphatic carbocycles. The molecule has 0 aromatic carbocycles. The molecule has 5 nitrogen and oxygen atoms in total. The lowest BCUT2D eigenvalue weighted by Gasteiger charge is -2.22. The molecule has 0 spiro atoms. The zero-order valence-electron chi connectivity index (χ0n) is 8.55. The third-order valence-corrected chi connectivity index (χ3v) is 2.25. The first-order chi connectivity index (χ1) is 7.18. The highest BCUT2D eigenvalue weighted by molar-refractivity contribution is 5.92. The SMILES string of the molecule is C=C1CN(C)N(C(=O)c2cnccn2)C1. The average molecular weight is 204 g/mol. The Morgan fingerprint density at radius 2 is 2.27 bits per heavy atom. The molecule has 0 bridgehead atoms. The van der Waals surface area contributed by atoms with E-state index in [1.54, 1.807) is 11.2 Å². The molecule has 1 aromatic rings. The fourth-order valence-electron chi connectivity index (χ4n) is 1.56. The second-order valence-electron chi connectivity index (χ2n) is 3.52. The van der Waals surface area contributed by atoms with E-state index in [2.05, 4.69) is 16.5 Å². The molecule has 15 heavy (non-hydrogen) atoms. The van der Waals surface area contributed by atoms with E-state index in [0.717, 1.165) is 5.57 Å². The monoisotopic (exact) mass is 204 g/mol. The first-order valence-corrected chi connectivity index (χ1v) is 4.64. The smallest absolute Gasteiger partial charge is 0.266 e. The number of hydrogen-bond donors (Lipinski definition) is 0. The molecule has 5 heteroatoms. The maximum atomic E-state index is 11.9. The second kappa shape index (κ2) is 3.78. The first kappa shape index (κ1) is 9.79. The van der Waals surface area contributed by atoms with Crippen LogP contribution in [0.15, 0.2) is 30.7 Å². The Balaban J connectivity index is 2.19. The van der Waals surface area contributed by atoms with Gasteiger partial charge in [0.1, 0.15) is 5.69 Å². The highest BCUT2D eigenvalue weighted by Crippen LogP contribution is 2.14. The van der Waals surface area contributed by atoms with E-state index < -0.39 is 0 Å². The molecule has 2 rings (SSSR count). The van der Waals surface area contributed by atoms with Gasteiger partial charge in [-0.2, -0.15) is 0 Å². The van der Waals surface area contributed by atoms with Crippen LogP contribution in [0.5, 0.6) is 0 Å². The van der Waals surface area contributed by atoms with Crippen molar-refractivity contribution < 1.29 is 4.79 Å². The highest BCUT2D eigenvalue weighted by atomic mass is 16.2. The fourth-order valence-corrected chi connectivity index (χ4v) is 1.56. The van der Waals surface area contributed by atoms with Gasteiger partial charge in [-0.1, -0.05) is 6.58 Å². The van der Waals surface area contributed by atoms with E-state index in [9.17, 15) is 4.79 Å². The number of carbonyl (C=O) groups is 1. The maximum absolute atomic E-state index is 11.9. The molecule has 2 heterocycles. The first-order valence-electron chi connectivity index (χ1n) is 4.64. The molecule has 1 fully saturated rings. The van der Waals surface area contributed by atoms with Crippen LogP contribution >= 0.6 is 0 Å². The summed E-state index contributed by atoms with van der Waals surface area (Å²) in [5.74, 6) is -0.135. The standard InChI is InChI=1S/C10H12N4O/c1-8-6-13(2)14(7-8)10(15)9-5-11-3-4-12-9/h3-5H,1,6-7H2,2H3. The Morgan fingerprint density at radius 3 is 2.80 bits per heavy atom.